The van der Waals surface area contributed by atoms with Gasteiger partial charge in [-0.15, -0.1) is 0 Å². The minimum atomic E-state index is -0.0513. The summed E-state index contributed by atoms with van der Waals surface area (Å²) in [6.45, 7) is 2.53. The van der Waals surface area contributed by atoms with E-state index >= 15 is 0 Å². The van der Waals surface area contributed by atoms with Crippen molar-refractivity contribution in [3.63, 3.8) is 0 Å². The first-order chi connectivity index (χ1) is 13.2. The van der Waals surface area contributed by atoms with Gasteiger partial charge >= 0.3 is 0 Å². The molecule has 2 aromatic carbocycles. The van der Waals surface area contributed by atoms with Gasteiger partial charge in [-0.3, -0.25) is 4.79 Å². The molecule has 1 aliphatic rings. The Kier molecular flexibility index (Phi) is 5.18. The van der Waals surface area contributed by atoms with Crippen molar-refractivity contribution in [1.82, 2.24) is 10.3 Å². The maximum atomic E-state index is 12.3. The van der Waals surface area contributed by atoms with Crippen LogP contribution in [0.25, 0.3) is 22.2 Å². The second-order valence-corrected chi connectivity index (χ2v) is 6.74. The van der Waals surface area contributed by atoms with Gasteiger partial charge in [-0.1, -0.05) is 18.2 Å². The highest BCUT2D eigenvalue weighted by atomic mass is 16.5. The monoisotopic (exact) mass is 366 g/mol. The third kappa shape index (κ3) is 4.02. The highest BCUT2D eigenvalue weighted by molar-refractivity contribution is 5.94. The number of rotatable bonds is 6. The molecule has 1 N–H and O–H groups in total. The average Bonchev–Trinajstić information content (AvgIpc) is 3.35. The molecule has 140 valence electrons. The molecule has 0 radical (unpaired) electrons. The fourth-order valence-corrected chi connectivity index (χ4v) is 3.24. The highest BCUT2D eigenvalue weighted by Crippen LogP contribution is 2.25. The topological polar surface area (TPSA) is 73.6 Å². The molecule has 0 saturated carbocycles. The van der Waals surface area contributed by atoms with E-state index in [9.17, 15) is 4.79 Å². The number of carbonyl (C=O) groups excluding carboxylic acids is 1. The summed E-state index contributed by atoms with van der Waals surface area (Å²) in [7, 11) is 1.61. The zero-order chi connectivity index (χ0) is 18.6. The molecule has 2 heterocycles. The second-order valence-electron chi connectivity index (χ2n) is 6.74. The van der Waals surface area contributed by atoms with Crippen LogP contribution in [-0.2, 0) is 16.1 Å². The number of methoxy groups -OCH3 is 1. The maximum Gasteiger partial charge on any atom is 0.251 e. The summed E-state index contributed by atoms with van der Waals surface area (Å²) >= 11 is 0. The van der Waals surface area contributed by atoms with Gasteiger partial charge in [0.05, 0.1) is 6.61 Å². The quantitative estimate of drug-likeness (QED) is 0.724. The number of hydrogen-bond donors (Lipinski definition) is 1. The number of aromatic nitrogens is 1. The summed E-state index contributed by atoms with van der Waals surface area (Å²) in [4.78, 5) is 16.7. The minimum Gasteiger partial charge on any atom is -0.438 e. The van der Waals surface area contributed by atoms with Crippen molar-refractivity contribution < 1.29 is 18.7 Å². The third-order valence-electron chi connectivity index (χ3n) is 4.76. The molecule has 0 unspecified atom stereocenters. The van der Waals surface area contributed by atoms with Crippen molar-refractivity contribution in [1.29, 1.82) is 0 Å². The molecular formula is C21H22N2O4. The van der Waals surface area contributed by atoms with Crippen molar-refractivity contribution in [2.75, 3.05) is 26.9 Å². The molecule has 6 heteroatoms. The number of nitrogens with one attached hydrogen (secondary N) is 1. The van der Waals surface area contributed by atoms with Gasteiger partial charge in [0.2, 0.25) is 5.89 Å². The van der Waals surface area contributed by atoms with Crippen LogP contribution in [0.3, 0.4) is 0 Å². The molecule has 1 aliphatic heterocycles. The van der Waals surface area contributed by atoms with Crippen molar-refractivity contribution in [3.8, 4) is 11.1 Å². The maximum absolute atomic E-state index is 12.3. The Morgan fingerprint density at radius 3 is 2.78 bits per heavy atom. The van der Waals surface area contributed by atoms with E-state index in [2.05, 4.69) is 10.3 Å². The average molecular weight is 366 g/mol. The molecule has 0 spiro atoms. The molecular weight excluding hydrogens is 344 g/mol. The molecule has 6 nitrogen and oxygen atoms in total. The molecule has 1 atom stereocenters. The van der Waals surface area contributed by atoms with Crippen molar-refractivity contribution >= 4 is 17.0 Å². The fraction of sp³-hybridized carbons (Fsp3) is 0.333. The second kappa shape index (κ2) is 7.90. The molecule has 1 fully saturated rings. The van der Waals surface area contributed by atoms with E-state index < -0.39 is 0 Å². The van der Waals surface area contributed by atoms with Gasteiger partial charge < -0.3 is 19.2 Å². The van der Waals surface area contributed by atoms with Crippen LogP contribution in [0.4, 0.5) is 0 Å². The summed E-state index contributed by atoms with van der Waals surface area (Å²) in [6, 6.07) is 13.5. The number of benzene rings is 2. The first-order valence-electron chi connectivity index (χ1n) is 9.08. The van der Waals surface area contributed by atoms with Crippen LogP contribution >= 0.6 is 0 Å². The SMILES string of the molecule is COCc1nc2cc(-c3ccc(C(=O)NC[C@@H]4CCOC4)cc3)ccc2o1. The molecule has 27 heavy (non-hydrogen) atoms. The first kappa shape index (κ1) is 17.7. The Morgan fingerprint density at radius 2 is 2.04 bits per heavy atom. The fourth-order valence-electron chi connectivity index (χ4n) is 3.24. The van der Waals surface area contributed by atoms with Gasteiger partial charge in [0, 0.05) is 31.7 Å². The van der Waals surface area contributed by atoms with Gasteiger partial charge in [0.25, 0.3) is 5.91 Å². The zero-order valence-electron chi connectivity index (χ0n) is 15.2. The Labute approximate surface area is 157 Å². The summed E-state index contributed by atoms with van der Waals surface area (Å²) in [5.74, 6) is 0.930. The Bertz CT molecular complexity index is 927. The Balaban J connectivity index is 1.46. The van der Waals surface area contributed by atoms with Crippen molar-refractivity contribution in [2.45, 2.75) is 13.0 Å². The Morgan fingerprint density at radius 1 is 1.22 bits per heavy atom. The van der Waals surface area contributed by atoms with Crippen LogP contribution in [0.5, 0.6) is 0 Å². The largest absolute Gasteiger partial charge is 0.438 e. The van der Waals surface area contributed by atoms with Gasteiger partial charge in [-0.2, -0.15) is 0 Å². The predicted molar refractivity (Wildman–Crippen MR) is 101 cm³/mol. The lowest BCUT2D eigenvalue weighted by atomic mass is 10.0. The number of carbonyl (C=O) groups is 1. The van der Waals surface area contributed by atoms with Crippen molar-refractivity contribution in [2.24, 2.45) is 5.92 Å². The lowest BCUT2D eigenvalue weighted by Crippen LogP contribution is -2.29. The number of oxazole rings is 1. The number of amides is 1. The smallest absolute Gasteiger partial charge is 0.251 e. The molecule has 3 aromatic rings. The van der Waals surface area contributed by atoms with E-state index in [4.69, 9.17) is 13.9 Å². The van der Waals surface area contributed by atoms with Crippen LogP contribution in [-0.4, -0.2) is 37.8 Å². The van der Waals surface area contributed by atoms with E-state index in [0.29, 0.717) is 30.5 Å². The molecule has 1 aromatic heterocycles. The molecule has 1 amide bonds. The lowest BCUT2D eigenvalue weighted by molar-refractivity contribution is 0.0945. The van der Waals surface area contributed by atoms with Crippen LogP contribution in [0.15, 0.2) is 46.9 Å². The van der Waals surface area contributed by atoms with Gasteiger partial charge in [0.1, 0.15) is 12.1 Å². The Hall–Kier alpha value is -2.70. The summed E-state index contributed by atoms with van der Waals surface area (Å²) in [5, 5.41) is 2.99. The molecule has 0 aliphatic carbocycles. The summed E-state index contributed by atoms with van der Waals surface area (Å²) in [5.41, 5.74) is 4.23. The summed E-state index contributed by atoms with van der Waals surface area (Å²) in [6.07, 6.45) is 1.01. The minimum absolute atomic E-state index is 0.0513. The molecule has 1 saturated heterocycles. The van der Waals surface area contributed by atoms with Gasteiger partial charge in [-0.25, -0.2) is 4.98 Å². The van der Waals surface area contributed by atoms with E-state index in [0.717, 1.165) is 41.9 Å². The van der Waals surface area contributed by atoms with Crippen LogP contribution < -0.4 is 5.32 Å². The number of hydrogen-bond acceptors (Lipinski definition) is 5. The standard InChI is InChI=1S/C21H22N2O4/c1-25-13-20-23-18-10-17(6-7-19(18)27-20)15-2-4-16(5-3-15)21(24)22-11-14-8-9-26-12-14/h2-7,10,14H,8-9,11-13H2,1H3,(H,22,24)/t14-/m0/s1. The summed E-state index contributed by atoms with van der Waals surface area (Å²) < 4.78 is 16.0. The van der Waals surface area contributed by atoms with Gasteiger partial charge in [-0.05, 0) is 41.8 Å². The molecule has 0 bridgehead atoms. The van der Waals surface area contributed by atoms with Crippen LogP contribution in [0.1, 0.15) is 22.7 Å². The van der Waals surface area contributed by atoms with Crippen LogP contribution in [0, 0.1) is 5.92 Å². The van der Waals surface area contributed by atoms with E-state index in [1.165, 1.54) is 0 Å². The lowest BCUT2D eigenvalue weighted by Gasteiger charge is -2.10. The first-order valence-corrected chi connectivity index (χ1v) is 9.08. The number of fused-ring (bicyclic) bond motifs is 1. The van der Waals surface area contributed by atoms with E-state index in [-0.39, 0.29) is 5.91 Å². The van der Waals surface area contributed by atoms with E-state index in [1.54, 1.807) is 7.11 Å². The normalized spacial score (nSPS) is 16.7. The zero-order valence-corrected chi connectivity index (χ0v) is 15.2. The predicted octanol–water partition coefficient (Wildman–Crippen LogP) is 3.41. The third-order valence-corrected chi connectivity index (χ3v) is 4.76. The van der Waals surface area contributed by atoms with Crippen molar-refractivity contribution in [3.05, 3.63) is 53.9 Å². The number of nitrogens with zero attached hydrogens (tertiary/aromatic N) is 1. The van der Waals surface area contributed by atoms with Crippen LogP contribution in [0.2, 0.25) is 0 Å². The molecule has 4 rings (SSSR count). The highest BCUT2D eigenvalue weighted by Gasteiger charge is 2.16. The van der Waals surface area contributed by atoms with Gasteiger partial charge in [0.15, 0.2) is 5.58 Å². The van der Waals surface area contributed by atoms with E-state index in [1.807, 2.05) is 42.5 Å². The number of ether oxygens (including phenoxy) is 2.